The van der Waals surface area contributed by atoms with Crippen LogP contribution in [0.5, 0.6) is 0 Å². The average Bonchev–Trinajstić information content (AvgIpc) is 2.99. The van der Waals surface area contributed by atoms with Crippen molar-refractivity contribution >= 4 is 34.5 Å². The van der Waals surface area contributed by atoms with Crippen LogP contribution in [-0.2, 0) is 21.4 Å². The number of hydrogen-bond acceptors (Lipinski definition) is 5. The molecule has 0 spiro atoms. The number of fused-ring (bicyclic) bond motifs is 1. The smallest absolute Gasteiger partial charge is 0.410 e. The SMILES string of the molecule is Cn1c(=O)n(C2CCC(=O)NC2=O)c2c(F)ccc(C3=CCN(C(=O)OC(C)(C)C)CC3)c21. The number of nitrogens with zero attached hydrogens (tertiary/aromatic N) is 3. The first-order chi connectivity index (χ1) is 15.5. The van der Waals surface area contributed by atoms with Crippen molar-refractivity contribution in [3.63, 3.8) is 0 Å². The number of imide groups is 1. The van der Waals surface area contributed by atoms with Crippen LogP contribution in [0.2, 0.25) is 0 Å². The van der Waals surface area contributed by atoms with E-state index in [9.17, 15) is 19.2 Å². The van der Waals surface area contributed by atoms with Crippen molar-refractivity contribution in [1.82, 2.24) is 19.4 Å². The van der Waals surface area contributed by atoms with E-state index >= 15 is 4.39 Å². The maximum Gasteiger partial charge on any atom is 0.410 e. The summed E-state index contributed by atoms with van der Waals surface area (Å²) >= 11 is 0. The number of amides is 3. The molecular formula is C23H27FN4O5. The fourth-order valence-electron chi connectivity index (χ4n) is 4.36. The molecule has 2 aliphatic heterocycles. The summed E-state index contributed by atoms with van der Waals surface area (Å²) in [6.07, 6.45) is 2.16. The van der Waals surface area contributed by atoms with Gasteiger partial charge in [0, 0.05) is 32.1 Å². The van der Waals surface area contributed by atoms with Gasteiger partial charge in [0.1, 0.15) is 23.0 Å². The van der Waals surface area contributed by atoms with Gasteiger partial charge in [-0.1, -0.05) is 6.08 Å². The van der Waals surface area contributed by atoms with E-state index in [4.69, 9.17) is 4.74 Å². The molecule has 4 rings (SSSR count). The standard InChI is InChI=1S/C23H27FN4O5/c1-23(2,3)33-22(32)27-11-9-13(10-12-27)14-5-6-15(24)19-18(14)26(4)21(31)28(19)16-7-8-17(29)25-20(16)30/h5-6,9,16H,7-8,10-12H2,1-4H3,(H,25,29,30). The highest BCUT2D eigenvalue weighted by molar-refractivity contribution is 6.00. The van der Waals surface area contributed by atoms with E-state index in [1.54, 1.807) is 31.7 Å². The Morgan fingerprint density at radius 2 is 1.88 bits per heavy atom. The minimum Gasteiger partial charge on any atom is -0.444 e. The quantitative estimate of drug-likeness (QED) is 0.697. The third-order valence-electron chi connectivity index (χ3n) is 5.90. The summed E-state index contributed by atoms with van der Waals surface area (Å²) < 4.78 is 22.9. The molecule has 0 saturated carbocycles. The number of carbonyl (C=O) groups excluding carboxylic acids is 3. The Morgan fingerprint density at radius 1 is 1.15 bits per heavy atom. The van der Waals surface area contributed by atoms with E-state index in [1.165, 1.54) is 17.7 Å². The largest absolute Gasteiger partial charge is 0.444 e. The Morgan fingerprint density at radius 3 is 2.48 bits per heavy atom. The summed E-state index contributed by atoms with van der Waals surface area (Å²) in [7, 11) is 1.53. The number of piperidine rings is 1. The zero-order valence-corrected chi connectivity index (χ0v) is 19.1. The third-order valence-corrected chi connectivity index (χ3v) is 5.90. The Hall–Kier alpha value is -3.43. The topological polar surface area (TPSA) is 103 Å². The molecule has 33 heavy (non-hydrogen) atoms. The van der Waals surface area contributed by atoms with Crippen LogP contribution in [-0.4, -0.2) is 50.6 Å². The molecule has 1 aromatic heterocycles. The highest BCUT2D eigenvalue weighted by Crippen LogP contribution is 2.32. The minimum absolute atomic E-state index is 0.0324. The maximum atomic E-state index is 15.0. The van der Waals surface area contributed by atoms with Gasteiger partial charge in [-0.05, 0) is 51.3 Å². The van der Waals surface area contributed by atoms with Gasteiger partial charge >= 0.3 is 11.8 Å². The van der Waals surface area contributed by atoms with Crippen molar-refractivity contribution < 1.29 is 23.5 Å². The van der Waals surface area contributed by atoms with Crippen molar-refractivity contribution in [3.05, 3.63) is 40.1 Å². The van der Waals surface area contributed by atoms with Crippen molar-refractivity contribution in [3.8, 4) is 0 Å². The Balaban J connectivity index is 1.73. The van der Waals surface area contributed by atoms with E-state index in [-0.39, 0.29) is 18.4 Å². The average molecular weight is 458 g/mol. The molecule has 3 heterocycles. The highest BCUT2D eigenvalue weighted by atomic mass is 19.1. The molecular weight excluding hydrogens is 431 g/mol. The molecule has 3 amide bonds. The first kappa shape index (κ1) is 22.8. The lowest BCUT2D eigenvalue weighted by Gasteiger charge is -2.29. The van der Waals surface area contributed by atoms with Gasteiger partial charge in [-0.25, -0.2) is 14.0 Å². The van der Waals surface area contributed by atoms with Crippen molar-refractivity contribution in [1.29, 1.82) is 0 Å². The molecule has 1 unspecified atom stereocenters. The summed E-state index contributed by atoms with van der Waals surface area (Å²) in [6, 6.07) is 1.92. The molecule has 1 atom stereocenters. The second kappa shape index (κ2) is 8.17. The van der Waals surface area contributed by atoms with Gasteiger partial charge in [0.2, 0.25) is 11.8 Å². The number of halogens is 1. The zero-order valence-electron chi connectivity index (χ0n) is 19.1. The molecule has 2 aromatic rings. The summed E-state index contributed by atoms with van der Waals surface area (Å²) in [4.78, 5) is 51.0. The maximum absolute atomic E-state index is 15.0. The number of aromatic nitrogens is 2. The molecule has 0 bridgehead atoms. The molecule has 2 aliphatic rings. The minimum atomic E-state index is -0.966. The molecule has 1 aromatic carbocycles. The number of hydrogen-bond donors (Lipinski definition) is 1. The predicted octanol–water partition coefficient (Wildman–Crippen LogP) is 2.48. The van der Waals surface area contributed by atoms with E-state index in [1.807, 2.05) is 6.08 Å². The van der Waals surface area contributed by atoms with Crippen LogP contribution in [0.3, 0.4) is 0 Å². The molecule has 1 saturated heterocycles. The van der Waals surface area contributed by atoms with Crippen molar-refractivity contribution in [2.45, 2.75) is 51.7 Å². The van der Waals surface area contributed by atoms with Gasteiger partial charge in [0.15, 0.2) is 0 Å². The van der Waals surface area contributed by atoms with Crippen LogP contribution in [0, 0.1) is 5.82 Å². The fourth-order valence-corrected chi connectivity index (χ4v) is 4.36. The van der Waals surface area contributed by atoms with Crippen LogP contribution < -0.4 is 11.0 Å². The number of carbonyl (C=O) groups is 3. The Bertz CT molecular complexity index is 1250. The summed E-state index contributed by atoms with van der Waals surface area (Å²) in [5.41, 5.74) is 0.822. The van der Waals surface area contributed by atoms with Gasteiger partial charge in [-0.15, -0.1) is 0 Å². The first-order valence-corrected chi connectivity index (χ1v) is 10.9. The number of aryl methyl sites for hydroxylation is 1. The van der Waals surface area contributed by atoms with Gasteiger partial charge in [-0.3, -0.25) is 24.0 Å². The van der Waals surface area contributed by atoms with Gasteiger partial charge in [-0.2, -0.15) is 0 Å². The van der Waals surface area contributed by atoms with Gasteiger partial charge in [0.05, 0.1) is 5.52 Å². The van der Waals surface area contributed by atoms with Crippen LogP contribution in [0.15, 0.2) is 23.0 Å². The van der Waals surface area contributed by atoms with Crippen LogP contribution in [0.1, 0.15) is 51.6 Å². The number of nitrogens with one attached hydrogen (secondary N) is 1. The Labute approximate surface area is 189 Å². The van der Waals surface area contributed by atoms with E-state index in [0.29, 0.717) is 30.6 Å². The van der Waals surface area contributed by atoms with Crippen molar-refractivity contribution in [2.75, 3.05) is 13.1 Å². The van der Waals surface area contributed by atoms with E-state index < -0.39 is 41.1 Å². The summed E-state index contributed by atoms with van der Waals surface area (Å²) in [6.45, 7) is 6.16. The third kappa shape index (κ3) is 4.17. The molecule has 10 heteroatoms. The van der Waals surface area contributed by atoms with Crippen LogP contribution in [0.25, 0.3) is 16.6 Å². The second-order valence-electron chi connectivity index (χ2n) is 9.38. The van der Waals surface area contributed by atoms with Crippen molar-refractivity contribution in [2.24, 2.45) is 7.05 Å². The molecule has 176 valence electrons. The lowest BCUT2D eigenvalue weighted by molar-refractivity contribution is -0.135. The monoisotopic (exact) mass is 458 g/mol. The predicted molar refractivity (Wildman–Crippen MR) is 119 cm³/mol. The molecule has 1 fully saturated rings. The first-order valence-electron chi connectivity index (χ1n) is 10.9. The summed E-state index contributed by atoms with van der Waals surface area (Å²) in [5.74, 6) is -1.65. The van der Waals surface area contributed by atoms with Gasteiger partial charge in [0.25, 0.3) is 0 Å². The normalized spacial score (nSPS) is 19.5. The van der Waals surface area contributed by atoms with Crippen LogP contribution in [0.4, 0.5) is 9.18 Å². The number of rotatable bonds is 2. The molecule has 9 nitrogen and oxygen atoms in total. The number of ether oxygens (including phenoxy) is 1. The lowest BCUT2D eigenvalue weighted by Crippen LogP contribution is -2.44. The molecule has 1 N–H and O–H groups in total. The van der Waals surface area contributed by atoms with Crippen LogP contribution >= 0.6 is 0 Å². The number of benzene rings is 1. The molecule has 0 radical (unpaired) electrons. The van der Waals surface area contributed by atoms with Gasteiger partial charge < -0.3 is 9.64 Å². The Kier molecular flexibility index (Phi) is 5.63. The van der Waals surface area contributed by atoms with E-state index in [2.05, 4.69) is 5.32 Å². The number of imidazole rings is 1. The molecule has 0 aliphatic carbocycles. The van der Waals surface area contributed by atoms with E-state index in [0.717, 1.165) is 10.1 Å². The fraction of sp³-hybridized carbons (Fsp3) is 0.478. The lowest BCUT2D eigenvalue weighted by atomic mass is 9.97. The zero-order chi connectivity index (χ0) is 24.1. The summed E-state index contributed by atoms with van der Waals surface area (Å²) in [5, 5.41) is 2.23. The highest BCUT2D eigenvalue weighted by Gasteiger charge is 2.33. The second-order valence-corrected chi connectivity index (χ2v) is 9.38.